The molecule has 9 heteroatoms. The third-order valence-corrected chi connectivity index (χ3v) is 3.23. The Bertz CT molecular complexity index is 497. The lowest BCUT2D eigenvalue weighted by Gasteiger charge is -2.15. The first kappa shape index (κ1) is 17.5. The van der Waals surface area contributed by atoms with Crippen LogP contribution in [0.5, 0.6) is 5.75 Å². The average Bonchev–Trinajstić information content (AvgIpc) is 2.26. The van der Waals surface area contributed by atoms with Crippen molar-refractivity contribution in [2.24, 2.45) is 0 Å². The van der Waals surface area contributed by atoms with Gasteiger partial charge in [-0.05, 0) is 29.5 Å². The van der Waals surface area contributed by atoms with Crippen LogP contribution in [0.2, 0.25) is 0 Å². The van der Waals surface area contributed by atoms with Crippen molar-refractivity contribution in [1.29, 1.82) is 0 Å². The molecule has 1 aromatic heterocycles. The maximum atomic E-state index is 12.4. The van der Waals surface area contributed by atoms with Crippen LogP contribution in [0.4, 0.5) is 13.2 Å². The number of hydrogen-bond acceptors (Lipinski definition) is 4. The SMILES string of the molecule is CCOC(=O)Cc1nc(I)cc(OC(F)(F)F)c1CBr. The maximum absolute atomic E-state index is 12.4. The third-order valence-electron chi connectivity index (χ3n) is 2.11. The van der Waals surface area contributed by atoms with E-state index in [0.29, 0.717) is 3.70 Å². The zero-order chi connectivity index (χ0) is 15.3. The second-order valence-electron chi connectivity index (χ2n) is 3.53. The van der Waals surface area contributed by atoms with E-state index in [-0.39, 0.29) is 35.4 Å². The predicted molar refractivity (Wildman–Crippen MR) is 76.6 cm³/mol. The molecule has 112 valence electrons. The van der Waals surface area contributed by atoms with E-state index in [0.717, 1.165) is 0 Å². The topological polar surface area (TPSA) is 48.4 Å². The molecule has 0 bridgehead atoms. The van der Waals surface area contributed by atoms with Gasteiger partial charge in [0.25, 0.3) is 0 Å². The largest absolute Gasteiger partial charge is 0.573 e. The lowest BCUT2D eigenvalue weighted by Crippen LogP contribution is -2.19. The highest BCUT2D eigenvalue weighted by Crippen LogP contribution is 2.31. The van der Waals surface area contributed by atoms with Crippen LogP contribution in [-0.4, -0.2) is 23.9 Å². The minimum Gasteiger partial charge on any atom is -0.466 e. The number of carbonyl (C=O) groups excluding carboxylic acids is 1. The maximum Gasteiger partial charge on any atom is 0.573 e. The van der Waals surface area contributed by atoms with Gasteiger partial charge in [0, 0.05) is 17.0 Å². The molecule has 0 aliphatic carbocycles. The predicted octanol–water partition coefficient (Wildman–Crippen LogP) is 3.59. The molecular weight excluding hydrogens is 458 g/mol. The Morgan fingerprint density at radius 1 is 1.50 bits per heavy atom. The van der Waals surface area contributed by atoms with Crippen LogP contribution in [0, 0.1) is 3.70 Å². The minimum atomic E-state index is -4.80. The van der Waals surface area contributed by atoms with E-state index in [1.54, 1.807) is 29.5 Å². The summed E-state index contributed by atoms with van der Waals surface area (Å²) in [7, 11) is 0. The number of pyridine rings is 1. The van der Waals surface area contributed by atoms with Crippen LogP contribution < -0.4 is 4.74 Å². The van der Waals surface area contributed by atoms with Crippen molar-refractivity contribution >= 4 is 44.5 Å². The van der Waals surface area contributed by atoms with Crippen molar-refractivity contribution in [1.82, 2.24) is 4.98 Å². The molecule has 20 heavy (non-hydrogen) atoms. The van der Waals surface area contributed by atoms with E-state index >= 15 is 0 Å². The summed E-state index contributed by atoms with van der Waals surface area (Å²) in [4.78, 5) is 15.5. The lowest BCUT2D eigenvalue weighted by atomic mass is 10.1. The number of rotatable bonds is 5. The normalized spacial score (nSPS) is 11.3. The van der Waals surface area contributed by atoms with Gasteiger partial charge in [-0.1, -0.05) is 15.9 Å². The number of hydrogen-bond donors (Lipinski definition) is 0. The fourth-order valence-corrected chi connectivity index (χ4v) is 2.59. The molecule has 0 aliphatic heterocycles. The molecule has 0 fully saturated rings. The van der Waals surface area contributed by atoms with Crippen molar-refractivity contribution in [3.63, 3.8) is 0 Å². The molecule has 0 spiro atoms. The first-order valence-corrected chi connectivity index (χ1v) is 7.62. The second kappa shape index (κ2) is 7.43. The summed E-state index contributed by atoms with van der Waals surface area (Å²) in [5, 5.41) is 0.0804. The zero-order valence-corrected chi connectivity index (χ0v) is 14.0. The van der Waals surface area contributed by atoms with Crippen LogP contribution in [0.15, 0.2) is 6.07 Å². The Kier molecular flexibility index (Phi) is 6.49. The average molecular weight is 468 g/mol. The van der Waals surface area contributed by atoms with Crippen LogP contribution >= 0.6 is 38.5 Å². The second-order valence-corrected chi connectivity index (χ2v) is 5.20. The molecule has 0 saturated carbocycles. The summed E-state index contributed by atoms with van der Waals surface area (Å²) in [6, 6.07) is 1.17. The smallest absolute Gasteiger partial charge is 0.466 e. The van der Waals surface area contributed by atoms with Gasteiger partial charge in [-0.25, -0.2) is 4.98 Å². The summed E-state index contributed by atoms with van der Waals surface area (Å²) >= 11 is 4.84. The number of esters is 1. The monoisotopic (exact) mass is 467 g/mol. The number of nitrogens with zero attached hydrogens (tertiary/aromatic N) is 1. The van der Waals surface area contributed by atoms with E-state index in [2.05, 4.69) is 25.7 Å². The van der Waals surface area contributed by atoms with Gasteiger partial charge in [-0.15, -0.1) is 13.2 Å². The molecule has 0 N–H and O–H groups in total. The van der Waals surface area contributed by atoms with Crippen molar-refractivity contribution in [3.8, 4) is 5.75 Å². The Morgan fingerprint density at radius 3 is 2.65 bits per heavy atom. The van der Waals surface area contributed by atoms with E-state index < -0.39 is 12.3 Å². The Balaban J connectivity index is 3.13. The Labute approximate surface area is 135 Å². The van der Waals surface area contributed by atoms with Gasteiger partial charge in [0.15, 0.2) is 0 Å². The number of alkyl halides is 4. The van der Waals surface area contributed by atoms with E-state index in [1.807, 2.05) is 0 Å². The molecule has 0 atom stereocenters. The summed E-state index contributed by atoms with van der Waals surface area (Å²) in [5.74, 6) is -0.921. The van der Waals surface area contributed by atoms with Crippen molar-refractivity contribution in [3.05, 3.63) is 21.0 Å². The van der Waals surface area contributed by atoms with Gasteiger partial charge < -0.3 is 9.47 Å². The van der Waals surface area contributed by atoms with Gasteiger partial charge in [0.2, 0.25) is 0 Å². The lowest BCUT2D eigenvalue weighted by molar-refractivity contribution is -0.274. The molecule has 0 saturated heterocycles. The van der Waals surface area contributed by atoms with Crippen LogP contribution in [0.3, 0.4) is 0 Å². The molecule has 0 radical (unpaired) electrons. The Hall–Kier alpha value is -0.580. The van der Waals surface area contributed by atoms with Gasteiger partial charge in [-0.3, -0.25) is 4.79 Å². The van der Waals surface area contributed by atoms with E-state index in [4.69, 9.17) is 4.74 Å². The highest BCUT2D eigenvalue weighted by atomic mass is 127. The first-order chi connectivity index (χ1) is 9.26. The fourth-order valence-electron chi connectivity index (χ4n) is 1.42. The van der Waals surface area contributed by atoms with Gasteiger partial charge in [0.1, 0.15) is 9.45 Å². The van der Waals surface area contributed by atoms with E-state index in [9.17, 15) is 18.0 Å². The molecule has 0 aliphatic rings. The summed E-state index contributed by atoms with van der Waals surface area (Å²) in [6.07, 6.45) is -5.01. The quantitative estimate of drug-likeness (QED) is 0.287. The Morgan fingerprint density at radius 2 is 2.15 bits per heavy atom. The third kappa shape index (κ3) is 5.43. The highest BCUT2D eigenvalue weighted by Gasteiger charge is 2.33. The number of ether oxygens (including phenoxy) is 2. The number of carbonyl (C=O) groups is 1. The summed E-state index contributed by atoms with van der Waals surface area (Å²) < 4.78 is 46.1. The zero-order valence-electron chi connectivity index (χ0n) is 10.3. The van der Waals surface area contributed by atoms with Crippen molar-refractivity contribution in [2.75, 3.05) is 6.61 Å². The number of halogens is 5. The van der Waals surface area contributed by atoms with Crippen LogP contribution in [0.25, 0.3) is 0 Å². The standard InChI is InChI=1S/C11H10BrF3INO3/c1-2-19-10(18)3-7-6(5-12)8(4-9(16)17-7)20-11(13,14)15/h4H,2-3,5H2,1H3. The highest BCUT2D eigenvalue weighted by molar-refractivity contribution is 14.1. The van der Waals surface area contributed by atoms with Crippen molar-refractivity contribution in [2.45, 2.75) is 25.0 Å². The van der Waals surface area contributed by atoms with Crippen LogP contribution in [0.1, 0.15) is 18.2 Å². The van der Waals surface area contributed by atoms with Crippen molar-refractivity contribution < 1.29 is 27.4 Å². The molecule has 4 nitrogen and oxygen atoms in total. The van der Waals surface area contributed by atoms with E-state index in [1.165, 1.54) is 6.07 Å². The number of aromatic nitrogens is 1. The molecule has 0 amide bonds. The minimum absolute atomic E-state index is 0.0804. The molecule has 0 aromatic carbocycles. The van der Waals surface area contributed by atoms with Gasteiger partial charge >= 0.3 is 12.3 Å². The van der Waals surface area contributed by atoms with Crippen LogP contribution in [-0.2, 0) is 21.3 Å². The molecule has 1 heterocycles. The van der Waals surface area contributed by atoms with Gasteiger partial charge in [0.05, 0.1) is 18.7 Å². The first-order valence-electron chi connectivity index (χ1n) is 5.42. The fraction of sp³-hybridized carbons (Fsp3) is 0.455. The molecule has 0 unspecified atom stereocenters. The molecular formula is C11H10BrF3INO3. The molecule has 1 rings (SSSR count). The van der Waals surface area contributed by atoms with Gasteiger partial charge in [-0.2, -0.15) is 0 Å². The molecule has 1 aromatic rings. The summed E-state index contributed by atoms with van der Waals surface area (Å²) in [5.41, 5.74) is 0.377. The summed E-state index contributed by atoms with van der Waals surface area (Å²) in [6.45, 7) is 1.84.